The Morgan fingerprint density at radius 3 is 1.29 bits per heavy atom. The Morgan fingerprint density at radius 2 is 0.921 bits per heavy atom. The van der Waals surface area contributed by atoms with Gasteiger partial charge in [0.15, 0.2) is 0 Å². The molecule has 0 aromatic carbocycles. The van der Waals surface area contributed by atoms with Gasteiger partial charge < -0.3 is 4.55 Å². The van der Waals surface area contributed by atoms with E-state index in [1.165, 1.54) is 148 Å². The smallest absolute Gasteiger partial charge is 0.726 e. The first kappa shape index (κ1) is 41.4. The van der Waals surface area contributed by atoms with Gasteiger partial charge in [0.2, 0.25) is 10.4 Å². The van der Waals surface area contributed by atoms with Gasteiger partial charge in [-0.2, -0.15) is 0 Å². The Kier molecular flexibility index (Phi) is 35.7. The van der Waals surface area contributed by atoms with Crippen LogP contribution in [0.1, 0.15) is 181 Å². The van der Waals surface area contributed by atoms with Crippen LogP contribution < -0.4 is 51.4 Å². The fourth-order valence-corrected chi connectivity index (χ4v) is 5.39. The minimum absolute atomic E-state index is 0. The minimum Gasteiger partial charge on any atom is -0.726 e. The van der Waals surface area contributed by atoms with Crippen LogP contribution in [0.3, 0.4) is 0 Å². The third-order valence-corrected chi connectivity index (χ3v) is 7.91. The molecule has 1 unspecified atom stereocenters. The molecule has 0 saturated heterocycles. The van der Waals surface area contributed by atoms with E-state index in [0.717, 1.165) is 19.3 Å². The molecular formula is C32H63KO4S. The number of hydrogen-bond donors (Lipinski definition) is 0. The van der Waals surface area contributed by atoms with Gasteiger partial charge >= 0.3 is 51.4 Å². The summed E-state index contributed by atoms with van der Waals surface area (Å²) in [5.74, 6) is 0.0180. The molecule has 0 spiro atoms. The Balaban J connectivity index is 0. The average molecular weight is 583 g/mol. The maximum Gasteiger partial charge on any atom is 1.00 e. The summed E-state index contributed by atoms with van der Waals surface area (Å²) in [7, 11) is -4.62. The zero-order chi connectivity index (χ0) is 27.3. The van der Waals surface area contributed by atoms with Gasteiger partial charge in [-0.15, -0.1) is 0 Å². The van der Waals surface area contributed by atoms with Crippen LogP contribution in [0.25, 0.3) is 0 Å². The van der Waals surface area contributed by atoms with E-state index in [-0.39, 0.29) is 63.9 Å². The van der Waals surface area contributed by atoms with E-state index in [1.54, 1.807) is 0 Å². The molecule has 4 nitrogen and oxygen atoms in total. The standard InChI is InChI=1S/C32H64O4S.K/c1-3-5-7-9-11-13-15-16-17-18-19-20-22-24-26-28-30-32(31-36-37(33,34)35)29-27-25-23-21-14-12-10-8-6-4-2;/h27,29,32H,3-26,28,30-31H2,1-2H3,(H,33,34,35);/q;+1/p-1/b29-27+;. The summed E-state index contributed by atoms with van der Waals surface area (Å²) < 4.78 is 37.3. The summed E-state index contributed by atoms with van der Waals surface area (Å²) in [4.78, 5) is 0. The van der Waals surface area contributed by atoms with Gasteiger partial charge in [0.25, 0.3) is 0 Å². The molecule has 0 amide bonds. The Hall–Kier alpha value is 1.25. The van der Waals surface area contributed by atoms with Crippen LogP contribution >= 0.6 is 0 Å². The third-order valence-electron chi connectivity index (χ3n) is 7.49. The predicted octanol–water partition coefficient (Wildman–Crippen LogP) is 7.82. The summed E-state index contributed by atoms with van der Waals surface area (Å²) >= 11 is 0. The van der Waals surface area contributed by atoms with Crippen LogP contribution in [0.15, 0.2) is 12.2 Å². The molecule has 1 atom stereocenters. The molecule has 0 aromatic heterocycles. The van der Waals surface area contributed by atoms with Crippen molar-refractivity contribution in [3.8, 4) is 0 Å². The third kappa shape index (κ3) is 35.3. The molecule has 0 rings (SSSR count). The van der Waals surface area contributed by atoms with Crippen molar-refractivity contribution >= 4 is 10.4 Å². The second-order valence-electron chi connectivity index (χ2n) is 11.2. The van der Waals surface area contributed by atoms with Crippen LogP contribution in [-0.4, -0.2) is 19.6 Å². The Morgan fingerprint density at radius 1 is 0.579 bits per heavy atom. The topological polar surface area (TPSA) is 66.4 Å². The summed E-state index contributed by atoms with van der Waals surface area (Å²) in [5.41, 5.74) is 0. The molecule has 38 heavy (non-hydrogen) atoms. The van der Waals surface area contributed by atoms with E-state index in [1.807, 2.05) is 0 Å². The molecule has 0 radical (unpaired) electrons. The molecular weight excluding hydrogens is 520 g/mol. The zero-order valence-corrected chi connectivity index (χ0v) is 29.8. The van der Waals surface area contributed by atoms with Crippen molar-refractivity contribution in [3.63, 3.8) is 0 Å². The van der Waals surface area contributed by atoms with E-state index in [2.05, 4.69) is 30.2 Å². The minimum atomic E-state index is -4.62. The van der Waals surface area contributed by atoms with E-state index < -0.39 is 10.4 Å². The first-order valence-electron chi connectivity index (χ1n) is 16.3. The Labute approximate surface area is 281 Å². The molecule has 222 valence electrons. The summed E-state index contributed by atoms with van der Waals surface area (Å²) in [5, 5.41) is 0. The largest absolute Gasteiger partial charge is 1.00 e. The molecule has 0 saturated carbocycles. The fourth-order valence-electron chi connectivity index (χ4n) is 5.05. The maximum atomic E-state index is 10.9. The van der Waals surface area contributed by atoms with Crippen molar-refractivity contribution < 1.29 is 68.5 Å². The SMILES string of the molecule is CCCCCCCCCC/C=C/C(CCCCCCCCCCCCCCCCCC)COS(=O)(=O)[O-].[K+]. The second kappa shape index (κ2) is 32.8. The van der Waals surface area contributed by atoms with Crippen molar-refractivity contribution in [2.45, 2.75) is 181 Å². The Bertz CT molecular complexity index is 580. The number of allylic oxidation sites excluding steroid dienone is 1. The monoisotopic (exact) mass is 582 g/mol. The first-order valence-corrected chi connectivity index (χ1v) is 17.6. The van der Waals surface area contributed by atoms with E-state index in [9.17, 15) is 13.0 Å². The normalized spacial score (nSPS) is 12.7. The van der Waals surface area contributed by atoms with Gasteiger partial charge in [-0.1, -0.05) is 174 Å². The van der Waals surface area contributed by atoms with Crippen molar-refractivity contribution in [2.75, 3.05) is 6.61 Å². The number of rotatable bonds is 30. The van der Waals surface area contributed by atoms with Crippen molar-refractivity contribution in [1.29, 1.82) is 0 Å². The molecule has 0 heterocycles. The van der Waals surface area contributed by atoms with Gasteiger partial charge in [0.1, 0.15) is 0 Å². The van der Waals surface area contributed by atoms with Gasteiger partial charge in [0.05, 0.1) is 6.61 Å². The summed E-state index contributed by atoms with van der Waals surface area (Å²) in [6, 6.07) is 0. The van der Waals surface area contributed by atoms with Crippen LogP contribution in [0.2, 0.25) is 0 Å². The summed E-state index contributed by atoms with van der Waals surface area (Å²) in [6.45, 7) is 4.51. The molecule has 6 heteroatoms. The first-order chi connectivity index (χ1) is 18.0. The van der Waals surface area contributed by atoms with Gasteiger partial charge in [0, 0.05) is 5.92 Å². The number of unbranched alkanes of at least 4 members (excludes halogenated alkanes) is 23. The molecule has 0 aliphatic rings. The molecule has 0 bridgehead atoms. The molecule has 0 N–H and O–H groups in total. The predicted molar refractivity (Wildman–Crippen MR) is 160 cm³/mol. The van der Waals surface area contributed by atoms with Crippen LogP contribution in [0.4, 0.5) is 0 Å². The van der Waals surface area contributed by atoms with E-state index in [0.29, 0.717) is 0 Å². The summed E-state index contributed by atoms with van der Waals surface area (Å²) in [6.07, 6.45) is 38.1. The fraction of sp³-hybridized carbons (Fsp3) is 0.938. The maximum absolute atomic E-state index is 10.9. The second-order valence-corrected chi connectivity index (χ2v) is 12.3. The van der Waals surface area contributed by atoms with Crippen LogP contribution in [0, 0.1) is 5.92 Å². The van der Waals surface area contributed by atoms with Gasteiger partial charge in [-0.25, -0.2) is 8.42 Å². The van der Waals surface area contributed by atoms with Gasteiger partial charge in [-0.3, -0.25) is 4.18 Å². The van der Waals surface area contributed by atoms with Crippen LogP contribution in [-0.2, 0) is 14.6 Å². The quantitative estimate of drug-likeness (QED) is 0.0285. The average Bonchev–Trinajstić information content (AvgIpc) is 2.87. The zero-order valence-electron chi connectivity index (χ0n) is 25.9. The number of hydrogen-bond acceptors (Lipinski definition) is 4. The molecule has 0 fully saturated rings. The van der Waals surface area contributed by atoms with E-state index in [4.69, 9.17) is 0 Å². The molecule has 0 aliphatic heterocycles. The molecule has 0 aliphatic carbocycles. The van der Waals surface area contributed by atoms with E-state index >= 15 is 0 Å². The molecule has 0 aromatic rings. The van der Waals surface area contributed by atoms with Gasteiger partial charge in [-0.05, 0) is 19.3 Å². The van der Waals surface area contributed by atoms with Crippen molar-refractivity contribution in [2.24, 2.45) is 5.92 Å². The van der Waals surface area contributed by atoms with Crippen molar-refractivity contribution in [1.82, 2.24) is 0 Å². The van der Waals surface area contributed by atoms with Crippen LogP contribution in [0.5, 0.6) is 0 Å². The van der Waals surface area contributed by atoms with Crippen molar-refractivity contribution in [3.05, 3.63) is 12.2 Å².